The predicted molar refractivity (Wildman–Crippen MR) is 134 cm³/mol. The Morgan fingerprint density at radius 3 is 2.09 bits per heavy atom. The smallest absolute Gasteiger partial charge is 0.399 e. The fourth-order valence-corrected chi connectivity index (χ4v) is 5.18. The molecule has 0 amide bonds. The average molecular weight is 436 g/mol. The number of rotatable bonds is 2. The minimum Gasteiger partial charge on any atom is -0.399 e. The zero-order valence-electron chi connectivity index (χ0n) is 20.1. The van der Waals surface area contributed by atoms with Gasteiger partial charge in [0.05, 0.1) is 27.9 Å². The van der Waals surface area contributed by atoms with Crippen molar-refractivity contribution in [1.29, 1.82) is 0 Å². The van der Waals surface area contributed by atoms with E-state index in [9.17, 15) is 0 Å². The standard InChI is InChI=1S/C28H29BN2O2/c1-26(2)20-14-10-11-15-23(20)31-24-21(26)16-19(29-32-27(3,4)28(5,6)33-29)17-22(24)30-25(31)18-12-8-7-9-13-18/h7-17H,1-6H3. The molecule has 0 N–H and O–H groups in total. The minimum absolute atomic E-state index is 0.182. The Labute approximate surface area is 195 Å². The molecule has 4 nitrogen and oxygen atoms in total. The zero-order valence-corrected chi connectivity index (χ0v) is 20.1. The van der Waals surface area contributed by atoms with Crippen LogP contribution in [-0.2, 0) is 14.7 Å². The third-order valence-electron chi connectivity index (χ3n) is 7.82. The fourth-order valence-electron chi connectivity index (χ4n) is 5.18. The van der Waals surface area contributed by atoms with Gasteiger partial charge in [-0.1, -0.05) is 68.4 Å². The van der Waals surface area contributed by atoms with Gasteiger partial charge in [-0.25, -0.2) is 4.98 Å². The fraction of sp³-hybridized carbons (Fsp3) is 0.321. The first-order valence-electron chi connectivity index (χ1n) is 11.7. The van der Waals surface area contributed by atoms with E-state index in [1.807, 2.05) is 6.07 Å². The van der Waals surface area contributed by atoms with E-state index in [1.54, 1.807) is 0 Å². The third kappa shape index (κ3) is 2.82. The highest BCUT2D eigenvalue weighted by Gasteiger charge is 2.52. The van der Waals surface area contributed by atoms with Crippen molar-refractivity contribution in [2.45, 2.75) is 58.2 Å². The Bertz CT molecular complexity index is 1390. The molecule has 166 valence electrons. The predicted octanol–water partition coefficient (Wildman–Crippen LogP) is 5.63. The molecular formula is C28H29BN2O2. The van der Waals surface area contributed by atoms with Gasteiger partial charge >= 0.3 is 7.12 Å². The van der Waals surface area contributed by atoms with Crippen molar-refractivity contribution in [1.82, 2.24) is 9.55 Å². The number of nitrogens with zero attached hydrogens (tertiary/aromatic N) is 2. The normalized spacial score (nSPS) is 19.6. The summed E-state index contributed by atoms with van der Waals surface area (Å²) in [5.41, 5.74) is 7.04. The van der Waals surface area contributed by atoms with E-state index in [0.717, 1.165) is 27.9 Å². The molecule has 5 heteroatoms. The summed E-state index contributed by atoms with van der Waals surface area (Å²) in [6.07, 6.45) is 0. The summed E-state index contributed by atoms with van der Waals surface area (Å²) >= 11 is 0. The van der Waals surface area contributed by atoms with E-state index in [-0.39, 0.29) is 16.6 Å². The Balaban J connectivity index is 1.65. The van der Waals surface area contributed by atoms with Crippen molar-refractivity contribution in [2.75, 3.05) is 0 Å². The SMILES string of the molecule is CC1(C)c2ccccc2-n2c(-c3ccccc3)nc3cc(B4OC(C)(C)C(C)(C)O4)cc1c32. The number of fused-ring (bicyclic) bond motifs is 2. The molecule has 33 heavy (non-hydrogen) atoms. The molecule has 0 saturated carbocycles. The van der Waals surface area contributed by atoms with E-state index in [1.165, 1.54) is 16.8 Å². The summed E-state index contributed by atoms with van der Waals surface area (Å²) in [5.74, 6) is 0.959. The van der Waals surface area contributed by atoms with Gasteiger partial charge in [0.2, 0.25) is 0 Å². The second-order valence-electron chi connectivity index (χ2n) is 10.8. The van der Waals surface area contributed by atoms with Crippen molar-refractivity contribution in [3.05, 3.63) is 77.9 Å². The van der Waals surface area contributed by atoms with Gasteiger partial charge in [0.1, 0.15) is 5.82 Å². The van der Waals surface area contributed by atoms with E-state index in [4.69, 9.17) is 14.3 Å². The maximum atomic E-state index is 6.42. The van der Waals surface area contributed by atoms with Crippen LogP contribution >= 0.6 is 0 Å². The lowest BCUT2D eigenvalue weighted by Crippen LogP contribution is -2.41. The minimum atomic E-state index is -0.422. The van der Waals surface area contributed by atoms with Gasteiger partial charge in [-0.3, -0.25) is 4.57 Å². The number of hydrogen-bond acceptors (Lipinski definition) is 3. The third-order valence-corrected chi connectivity index (χ3v) is 7.82. The quantitative estimate of drug-likeness (QED) is 0.382. The van der Waals surface area contributed by atoms with Gasteiger partial charge in [-0.05, 0) is 56.4 Å². The van der Waals surface area contributed by atoms with E-state index in [2.05, 4.69) is 107 Å². The van der Waals surface area contributed by atoms with Crippen LogP contribution in [0.3, 0.4) is 0 Å². The molecule has 2 aliphatic heterocycles. The van der Waals surface area contributed by atoms with Crippen molar-refractivity contribution in [3.63, 3.8) is 0 Å². The molecule has 0 bridgehead atoms. The van der Waals surface area contributed by atoms with E-state index in [0.29, 0.717) is 0 Å². The largest absolute Gasteiger partial charge is 0.494 e. The van der Waals surface area contributed by atoms with Gasteiger partial charge in [0, 0.05) is 11.0 Å². The lowest BCUT2D eigenvalue weighted by molar-refractivity contribution is 0.00578. The molecular weight excluding hydrogens is 407 g/mol. The number of para-hydroxylation sites is 1. The maximum Gasteiger partial charge on any atom is 0.494 e. The monoisotopic (exact) mass is 436 g/mol. The highest BCUT2D eigenvalue weighted by Crippen LogP contribution is 2.46. The van der Waals surface area contributed by atoms with Gasteiger partial charge < -0.3 is 9.31 Å². The first-order valence-corrected chi connectivity index (χ1v) is 11.7. The summed E-state index contributed by atoms with van der Waals surface area (Å²) in [6, 6.07) is 23.5. The van der Waals surface area contributed by atoms with Crippen LogP contribution in [0.1, 0.15) is 52.7 Å². The van der Waals surface area contributed by atoms with Crippen LogP contribution in [0.15, 0.2) is 66.7 Å². The second-order valence-corrected chi connectivity index (χ2v) is 10.8. The molecule has 1 saturated heterocycles. The van der Waals surface area contributed by atoms with E-state index < -0.39 is 7.12 Å². The summed E-state index contributed by atoms with van der Waals surface area (Å²) in [7, 11) is -0.422. The van der Waals surface area contributed by atoms with Crippen LogP contribution in [-0.4, -0.2) is 27.9 Å². The molecule has 4 aromatic rings. The van der Waals surface area contributed by atoms with Crippen LogP contribution in [0.2, 0.25) is 0 Å². The summed E-state index contributed by atoms with van der Waals surface area (Å²) in [6.45, 7) is 13.0. The van der Waals surface area contributed by atoms with Gasteiger partial charge in [0.15, 0.2) is 0 Å². The first kappa shape index (κ1) is 20.7. The molecule has 0 aliphatic carbocycles. The highest BCUT2D eigenvalue weighted by molar-refractivity contribution is 6.62. The molecule has 0 atom stereocenters. The summed E-state index contributed by atoms with van der Waals surface area (Å²) < 4.78 is 15.2. The summed E-state index contributed by atoms with van der Waals surface area (Å²) in [4.78, 5) is 5.18. The van der Waals surface area contributed by atoms with Crippen LogP contribution in [0.4, 0.5) is 0 Å². The Morgan fingerprint density at radius 2 is 1.39 bits per heavy atom. The Hall–Kier alpha value is -2.89. The molecule has 2 aliphatic rings. The van der Waals surface area contributed by atoms with Gasteiger partial charge in [0.25, 0.3) is 0 Å². The molecule has 0 spiro atoms. The lowest BCUT2D eigenvalue weighted by Gasteiger charge is -2.35. The average Bonchev–Trinajstić information content (AvgIpc) is 3.27. The molecule has 3 heterocycles. The molecule has 0 unspecified atom stereocenters. The van der Waals surface area contributed by atoms with Crippen LogP contribution in [0.5, 0.6) is 0 Å². The number of aromatic nitrogens is 2. The van der Waals surface area contributed by atoms with Gasteiger partial charge in [-0.15, -0.1) is 0 Å². The van der Waals surface area contributed by atoms with Crippen LogP contribution < -0.4 is 5.46 Å². The van der Waals surface area contributed by atoms with Crippen molar-refractivity contribution < 1.29 is 9.31 Å². The highest BCUT2D eigenvalue weighted by atomic mass is 16.7. The van der Waals surface area contributed by atoms with Crippen molar-refractivity contribution in [2.24, 2.45) is 0 Å². The number of benzene rings is 3. The molecule has 1 fully saturated rings. The van der Waals surface area contributed by atoms with Crippen molar-refractivity contribution >= 4 is 23.6 Å². The number of hydrogen-bond donors (Lipinski definition) is 0. The molecule has 3 aromatic carbocycles. The topological polar surface area (TPSA) is 36.3 Å². The Morgan fingerprint density at radius 1 is 0.758 bits per heavy atom. The van der Waals surface area contributed by atoms with Crippen LogP contribution in [0, 0.1) is 0 Å². The zero-order chi connectivity index (χ0) is 23.2. The molecule has 6 rings (SSSR count). The number of imidazole rings is 1. The molecule has 0 radical (unpaired) electrons. The summed E-state index contributed by atoms with van der Waals surface area (Å²) in [5, 5.41) is 0. The second kappa shape index (κ2) is 6.59. The maximum absolute atomic E-state index is 6.42. The van der Waals surface area contributed by atoms with E-state index >= 15 is 0 Å². The van der Waals surface area contributed by atoms with Crippen molar-refractivity contribution in [3.8, 4) is 17.1 Å². The first-order chi connectivity index (χ1) is 15.6. The molecule has 1 aromatic heterocycles. The Kier molecular flexibility index (Phi) is 4.13. The van der Waals surface area contributed by atoms with Gasteiger partial charge in [-0.2, -0.15) is 0 Å². The lowest BCUT2D eigenvalue weighted by atomic mass is 9.70. The van der Waals surface area contributed by atoms with Crippen LogP contribution in [0.25, 0.3) is 28.1 Å².